The lowest BCUT2D eigenvalue weighted by Gasteiger charge is -2.09. The monoisotopic (exact) mass is 216 g/mol. The van der Waals surface area contributed by atoms with Crippen LogP contribution in [-0.4, -0.2) is 37.8 Å². The van der Waals surface area contributed by atoms with Crippen LogP contribution in [0.15, 0.2) is 0 Å². The van der Waals surface area contributed by atoms with Crippen LogP contribution < -0.4 is 5.32 Å². The lowest BCUT2D eigenvalue weighted by atomic mass is 10.2. The highest BCUT2D eigenvalue weighted by molar-refractivity contribution is 7.99. The molecule has 1 unspecified atom stereocenters. The average Bonchev–Trinajstić information content (AvgIpc) is 2.22. The number of nitrogens with one attached hydrogen (secondary N) is 1. The van der Waals surface area contributed by atoms with Crippen LogP contribution in [0, 0.1) is 11.3 Å². The van der Waals surface area contributed by atoms with Crippen molar-refractivity contribution in [1.82, 2.24) is 5.32 Å². The molecule has 0 bridgehead atoms. The van der Waals surface area contributed by atoms with Crippen LogP contribution in [-0.2, 0) is 4.74 Å². The molecular weight excluding hydrogens is 196 g/mol. The lowest BCUT2D eigenvalue weighted by molar-refractivity contribution is 0.218. The van der Waals surface area contributed by atoms with Gasteiger partial charge in [-0.1, -0.05) is 6.92 Å². The third kappa shape index (κ3) is 8.36. The summed E-state index contributed by atoms with van der Waals surface area (Å²) in [4.78, 5) is 0. The smallest absolute Gasteiger partial charge is 0.0960 e. The van der Waals surface area contributed by atoms with Crippen molar-refractivity contribution in [3.63, 3.8) is 0 Å². The molecule has 82 valence electrons. The summed E-state index contributed by atoms with van der Waals surface area (Å²) in [5.74, 6) is 2.04. The first kappa shape index (κ1) is 13.8. The largest absolute Gasteiger partial charge is 0.384 e. The maximum absolute atomic E-state index is 8.81. The van der Waals surface area contributed by atoms with Crippen LogP contribution in [0.25, 0.3) is 0 Å². The molecule has 3 nitrogen and oxygen atoms in total. The molecule has 0 saturated heterocycles. The van der Waals surface area contributed by atoms with Gasteiger partial charge in [0.2, 0.25) is 0 Å². The van der Waals surface area contributed by atoms with Gasteiger partial charge >= 0.3 is 0 Å². The minimum Gasteiger partial charge on any atom is -0.384 e. The number of rotatable bonds is 9. The first-order valence-corrected chi connectivity index (χ1v) is 6.20. The van der Waals surface area contributed by atoms with Crippen LogP contribution in [0.5, 0.6) is 0 Å². The third-order valence-corrected chi connectivity index (χ3v) is 2.76. The van der Waals surface area contributed by atoms with Crippen molar-refractivity contribution in [2.45, 2.75) is 25.8 Å². The predicted octanol–water partition coefficient (Wildman–Crippen LogP) is 1.65. The highest BCUT2D eigenvalue weighted by Crippen LogP contribution is 2.04. The molecule has 1 atom stereocenters. The molecule has 0 spiro atoms. The van der Waals surface area contributed by atoms with Gasteiger partial charge in [-0.15, -0.1) is 0 Å². The number of nitrogens with zero attached hydrogens (tertiary/aromatic N) is 1. The summed E-state index contributed by atoms with van der Waals surface area (Å²) in [5.41, 5.74) is 0. The van der Waals surface area contributed by atoms with Gasteiger partial charge < -0.3 is 10.1 Å². The quantitative estimate of drug-likeness (QED) is 0.595. The van der Waals surface area contributed by atoms with Crippen LogP contribution in [0.2, 0.25) is 0 Å². The zero-order chi connectivity index (χ0) is 10.6. The highest BCUT2D eigenvalue weighted by atomic mass is 32.2. The van der Waals surface area contributed by atoms with Crippen molar-refractivity contribution in [3.8, 4) is 6.07 Å². The van der Waals surface area contributed by atoms with E-state index in [1.54, 1.807) is 7.11 Å². The number of hydrogen-bond donors (Lipinski definition) is 1. The van der Waals surface area contributed by atoms with Gasteiger partial charge in [0.05, 0.1) is 18.7 Å². The molecule has 0 heterocycles. The molecule has 0 fully saturated rings. The van der Waals surface area contributed by atoms with Gasteiger partial charge in [-0.2, -0.15) is 17.0 Å². The summed E-state index contributed by atoms with van der Waals surface area (Å²) in [6, 6.07) is 2.29. The van der Waals surface area contributed by atoms with Gasteiger partial charge in [0, 0.05) is 12.9 Å². The van der Waals surface area contributed by atoms with E-state index in [9.17, 15) is 0 Å². The summed E-state index contributed by atoms with van der Waals surface area (Å²) in [6.07, 6.45) is 2.00. The van der Waals surface area contributed by atoms with Crippen molar-refractivity contribution in [3.05, 3.63) is 0 Å². The molecule has 0 aromatic heterocycles. The van der Waals surface area contributed by atoms with Crippen molar-refractivity contribution in [2.24, 2.45) is 0 Å². The Morgan fingerprint density at radius 2 is 2.29 bits per heavy atom. The molecule has 0 aromatic rings. The number of nitriles is 1. The first-order chi connectivity index (χ1) is 6.85. The minimum absolute atomic E-state index is 0.0185. The Morgan fingerprint density at radius 1 is 1.50 bits per heavy atom. The van der Waals surface area contributed by atoms with Gasteiger partial charge in [0.25, 0.3) is 0 Å². The molecule has 0 radical (unpaired) electrons. The maximum Gasteiger partial charge on any atom is 0.0960 e. The second kappa shape index (κ2) is 10.8. The van der Waals surface area contributed by atoms with Gasteiger partial charge in [-0.05, 0) is 25.1 Å². The van der Waals surface area contributed by atoms with E-state index < -0.39 is 0 Å². The average molecular weight is 216 g/mol. The molecule has 14 heavy (non-hydrogen) atoms. The Labute approximate surface area is 91.2 Å². The second-order valence-corrected chi connectivity index (χ2v) is 4.25. The van der Waals surface area contributed by atoms with Crippen LogP contribution in [0.1, 0.15) is 19.8 Å². The minimum atomic E-state index is 0.0185. The van der Waals surface area contributed by atoms with Gasteiger partial charge in [0.1, 0.15) is 0 Å². The number of methoxy groups -OCH3 is 1. The van der Waals surface area contributed by atoms with Crippen LogP contribution in [0.3, 0.4) is 0 Å². The summed E-state index contributed by atoms with van der Waals surface area (Å²) in [5, 5.41) is 12.0. The molecule has 4 heteroatoms. The summed E-state index contributed by atoms with van der Waals surface area (Å²) in [6.45, 7) is 3.83. The van der Waals surface area contributed by atoms with Crippen LogP contribution >= 0.6 is 11.8 Å². The van der Waals surface area contributed by atoms with Crippen molar-refractivity contribution in [2.75, 3.05) is 31.8 Å². The van der Waals surface area contributed by atoms with Gasteiger partial charge in [-0.3, -0.25) is 0 Å². The molecule has 0 aliphatic heterocycles. The highest BCUT2D eigenvalue weighted by Gasteiger charge is 2.04. The Kier molecular flexibility index (Phi) is 10.7. The maximum atomic E-state index is 8.81. The van der Waals surface area contributed by atoms with Gasteiger partial charge in [-0.25, -0.2) is 0 Å². The fourth-order valence-corrected chi connectivity index (χ4v) is 1.87. The summed E-state index contributed by atoms with van der Waals surface area (Å²) >= 11 is 1.84. The Hall–Kier alpha value is -0.240. The molecule has 0 saturated carbocycles. The molecule has 1 N–H and O–H groups in total. The van der Waals surface area contributed by atoms with E-state index in [2.05, 4.69) is 18.3 Å². The molecule has 0 aliphatic rings. The lowest BCUT2D eigenvalue weighted by Crippen LogP contribution is -2.28. The van der Waals surface area contributed by atoms with Crippen molar-refractivity contribution >= 4 is 11.8 Å². The first-order valence-electron chi connectivity index (χ1n) is 5.04. The Balaban J connectivity index is 3.30. The Bertz CT molecular complexity index is 159. The van der Waals surface area contributed by atoms with E-state index in [4.69, 9.17) is 10.00 Å². The normalized spacial score (nSPS) is 12.4. The molecule has 0 amide bonds. The number of hydrogen-bond acceptors (Lipinski definition) is 4. The van der Waals surface area contributed by atoms with Crippen LogP contribution in [0.4, 0.5) is 0 Å². The summed E-state index contributed by atoms with van der Waals surface area (Å²) < 4.78 is 4.94. The van der Waals surface area contributed by atoms with E-state index >= 15 is 0 Å². The zero-order valence-corrected chi connectivity index (χ0v) is 9.90. The van der Waals surface area contributed by atoms with E-state index in [1.807, 2.05) is 11.8 Å². The molecular formula is C10H20N2OS. The van der Waals surface area contributed by atoms with E-state index in [-0.39, 0.29) is 6.04 Å². The molecule has 0 rings (SSSR count). The van der Waals surface area contributed by atoms with E-state index in [1.165, 1.54) is 0 Å². The second-order valence-electron chi connectivity index (χ2n) is 3.03. The standard InChI is InChI=1S/C10H20N2OS/c1-3-5-12-10(9-11)4-7-14-8-6-13-2/h10,12H,3-8H2,1-2H3. The molecule has 0 aliphatic carbocycles. The summed E-state index contributed by atoms with van der Waals surface area (Å²) in [7, 11) is 1.71. The van der Waals surface area contributed by atoms with E-state index in [0.717, 1.165) is 37.5 Å². The Morgan fingerprint density at radius 3 is 2.86 bits per heavy atom. The zero-order valence-electron chi connectivity index (χ0n) is 9.08. The number of thioether (sulfide) groups is 1. The fourth-order valence-electron chi connectivity index (χ4n) is 0.976. The fraction of sp³-hybridized carbons (Fsp3) is 0.900. The van der Waals surface area contributed by atoms with Crippen molar-refractivity contribution < 1.29 is 4.74 Å². The SMILES string of the molecule is CCCNC(C#N)CCSCCOC. The third-order valence-electron chi connectivity index (χ3n) is 1.78. The van der Waals surface area contributed by atoms with E-state index in [0.29, 0.717) is 0 Å². The van der Waals surface area contributed by atoms with Gasteiger partial charge in [0.15, 0.2) is 0 Å². The number of ether oxygens (including phenoxy) is 1. The van der Waals surface area contributed by atoms with Crippen molar-refractivity contribution in [1.29, 1.82) is 5.26 Å². The molecule has 0 aromatic carbocycles. The predicted molar refractivity (Wildman–Crippen MR) is 61.5 cm³/mol. The topological polar surface area (TPSA) is 45.0 Å².